The van der Waals surface area contributed by atoms with Crippen molar-refractivity contribution in [3.8, 4) is 0 Å². The van der Waals surface area contributed by atoms with Crippen LogP contribution in [0.1, 0.15) is 53.5 Å². The molecule has 1 saturated carbocycles. The SMILES string of the molecule is Cc1nn(C2CCCCC2)c2sc(C(=O)NCCNC(=O)N(C)CCO)cc12. The molecule has 2 aromatic heterocycles. The monoisotopic (exact) mass is 407 g/mol. The van der Waals surface area contributed by atoms with Crippen LogP contribution in [0.25, 0.3) is 10.2 Å². The Kier molecular flexibility index (Phi) is 6.90. The number of carbonyl (C=O) groups is 2. The van der Waals surface area contributed by atoms with Crippen LogP contribution in [0.2, 0.25) is 0 Å². The van der Waals surface area contributed by atoms with Crippen LogP contribution in [0.5, 0.6) is 0 Å². The van der Waals surface area contributed by atoms with Crippen LogP contribution < -0.4 is 10.6 Å². The first-order valence-corrected chi connectivity index (χ1v) is 10.7. The van der Waals surface area contributed by atoms with Crippen molar-refractivity contribution in [1.29, 1.82) is 0 Å². The Hall–Kier alpha value is -2.13. The molecule has 0 saturated heterocycles. The van der Waals surface area contributed by atoms with E-state index < -0.39 is 0 Å². The highest BCUT2D eigenvalue weighted by Crippen LogP contribution is 2.35. The van der Waals surface area contributed by atoms with Crippen molar-refractivity contribution in [1.82, 2.24) is 25.3 Å². The molecule has 1 aliphatic rings. The Morgan fingerprint density at radius 1 is 1.29 bits per heavy atom. The standard InChI is InChI=1S/C19H29N5O3S/c1-13-15-12-16(17(26)20-8-9-21-19(27)23(2)10-11-25)28-18(15)24(22-13)14-6-4-3-5-7-14/h12,14,25H,3-11H2,1-2H3,(H,20,26)(H,21,27). The second kappa shape index (κ2) is 9.38. The number of thiophene rings is 1. The van der Waals surface area contributed by atoms with Crippen molar-refractivity contribution >= 4 is 33.5 Å². The van der Waals surface area contributed by atoms with E-state index in [1.165, 1.54) is 35.5 Å². The lowest BCUT2D eigenvalue weighted by atomic mass is 9.96. The minimum Gasteiger partial charge on any atom is -0.395 e. The highest BCUT2D eigenvalue weighted by molar-refractivity contribution is 7.20. The third-order valence-electron chi connectivity index (χ3n) is 5.18. The Balaban J connectivity index is 1.57. The fraction of sp³-hybridized carbons (Fsp3) is 0.632. The number of nitrogens with one attached hydrogen (secondary N) is 2. The number of urea groups is 1. The maximum atomic E-state index is 12.5. The summed E-state index contributed by atoms with van der Waals surface area (Å²) in [5.41, 5.74) is 0.968. The fourth-order valence-electron chi connectivity index (χ4n) is 3.58. The zero-order chi connectivity index (χ0) is 20.1. The molecule has 9 heteroatoms. The van der Waals surface area contributed by atoms with E-state index in [-0.39, 0.29) is 25.1 Å². The molecule has 2 heterocycles. The highest BCUT2D eigenvalue weighted by atomic mass is 32.1. The van der Waals surface area contributed by atoms with Gasteiger partial charge in [0.2, 0.25) is 0 Å². The molecule has 2 aromatic rings. The van der Waals surface area contributed by atoms with Gasteiger partial charge < -0.3 is 20.6 Å². The fourth-order valence-corrected chi connectivity index (χ4v) is 4.73. The summed E-state index contributed by atoms with van der Waals surface area (Å²) in [5.74, 6) is -0.131. The van der Waals surface area contributed by atoms with Gasteiger partial charge in [0.1, 0.15) is 4.83 Å². The summed E-state index contributed by atoms with van der Waals surface area (Å²) in [6.45, 7) is 2.87. The van der Waals surface area contributed by atoms with Gasteiger partial charge in [-0.3, -0.25) is 9.48 Å². The number of aromatic nitrogens is 2. The third kappa shape index (κ3) is 4.64. The number of hydrogen-bond donors (Lipinski definition) is 3. The number of aryl methyl sites for hydroxylation is 1. The molecule has 28 heavy (non-hydrogen) atoms. The Morgan fingerprint density at radius 3 is 2.71 bits per heavy atom. The van der Waals surface area contributed by atoms with Crippen LogP contribution in [0.3, 0.4) is 0 Å². The van der Waals surface area contributed by atoms with Crippen molar-refractivity contribution < 1.29 is 14.7 Å². The average molecular weight is 408 g/mol. The largest absolute Gasteiger partial charge is 0.395 e. The minimum absolute atomic E-state index is 0.0791. The van der Waals surface area contributed by atoms with Gasteiger partial charge >= 0.3 is 6.03 Å². The van der Waals surface area contributed by atoms with Gasteiger partial charge in [0.15, 0.2) is 0 Å². The van der Waals surface area contributed by atoms with Gasteiger partial charge in [0.25, 0.3) is 5.91 Å². The van der Waals surface area contributed by atoms with E-state index >= 15 is 0 Å². The maximum absolute atomic E-state index is 12.5. The maximum Gasteiger partial charge on any atom is 0.317 e. The van der Waals surface area contributed by atoms with Crippen molar-refractivity contribution in [3.63, 3.8) is 0 Å². The molecular formula is C19H29N5O3S. The van der Waals surface area contributed by atoms with E-state index in [2.05, 4.69) is 15.3 Å². The third-order valence-corrected chi connectivity index (χ3v) is 6.30. The first-order chi connectivity index (χ1) is 13.5. The van der Waals surface area contributed by atoms with E-state index in [1.807, 2.05) is 13.0 Å². The molecule has 0 bridgehead atoms. The van der Waals surface area contributed by atoms with E-state index in [4.69, 9.17) is 10.2 Å². The second-order valence-corrected chi connectivity index (χ2v) is 8.31. The van der Waals surface area contributed by atoms with Crippen molar-refractivity contribution in [2.75, 3.05) is 33.3 Å². The lowest BCUT2D eigenvalue weighted by Crippen LogP contribution is -2.42. The predicted molar refractivity (Wildman–Crippen MR) is 110 cm³/mol. The molecule has 0 unspecified atom stereocenters. The highest BCUT2D eigenvalue weighted by Gasteiger charge is 2.22. The molecule has 3 amide bonds. The van der Waals surface area contributed by atoms with Crippen molar-refractivity contribution in [3.05, 3.63) is 16.6 Å². The molecular weight excluding hydrogens is 378 g/mol. The van der Waals surface area contributed by atoms with Gasteiger partial charge in [-0.15, -0.1) is 11.3 Å². The summed E-state index contributed by atoms with van der Waals surface area (Å²) in [6.07, 6.45) is 6.08. The lowest BCUT2D eigenvalue weighted by Gasteiger charge is -2.22. The molecule has 0 radical (unpaired) electrons. The van der Waals surface area contributed by atoms with Crippen LogP contribution in [0.4, 0.5) is 4.79 Å². The first kappa shape index (κ1) is 20.6. The topological polar surface area (TPSA) is 99.5 Å². The number of hydrogen-bond acceptors (Lipinski definition) is 5. The van der Waals surface area contributed by atoms with Crippen LogP contribution in [-0.4, -0.2) is 65.0 Å². The molecule has 154 valence electrons. The van der Waals surface area contributed by atoms with Crippen LogP contribution in [-0.2, 0) is 0 Å². The Morgan fingerprint density at radius 2 is 2.00 bits per heavy atom. The summed E-state index contributed by atoms with van der Waals surface area (Å²) >= 11 is 1.49. The van der Waals surface area contributed by atoms with Crippen LogP contribution in [0.15, 0.2) is 6.07 Å². The molecule has 0 aliphatic heterocycles. The Labute approximate surface area is 168 Å². The molecule has 3 N–H and O–H groups in total. The summed E-state index contributed by atoms with van der Waals surface area (Å²) in [4.78, 5) is 27.4. The second-order valence-electron chi connectivity index (χ2n) is 7.28. The zero-order valence-corrected chi connectivity index (χ0v) is 17.3. The smallest absolute Gasteiger partial charge is 0.317 e. The van der Waals surface area contributed by atoms with Crippen molar-refractivity contribution in [2.24, 2.45) is 0 Å². The number of likely N-dealkylation sites (N-methyl/N-ethyl adjacent to an activating group) is 1. The molecule has 0 spiro atoms. The van der Waals surface area contributed by atoms with Gasteiger partial charge in [0.05, 0.1) is 23.2 Å². The van der Waals surface area contributed by atoms with E-state index in [0.717, 1.165) is 28.8 Å². The van der Waals surface area contributed by atoms with Gasteiger partial charge in [-0.2, -0.15) is 5.10 Å². The number of carbonyl (C=O) groups excluding carboxylic acids is 2. The van der Waals surface area contributed by atoms with Gasteiger partial charge in [-0.05, 0) is 25.8 Å². The quantitative estimate of drug-likeness (QED) is 0.613. The molecule has 0 atom stereocenters. The summed E-state index contributed by atoms with van der Waals surface area (Å²) < 4.78 is 2.13. The summed E-state index contributed by atoms with van der Waals surface area (Å²) in [7, 11) is 1.61. The predicted octanol–water partition coefficient (Wildman–Crippen LogP) is 2.27. The summed E-state index contributed by atoms with van der Waals surface area (Å²) in [5, 5.41) is 20.2. The average Bonchev–Trinajstić information content (AvgIpc) is 3.26. The minimum atomic E-state index is -0.270. The molecule has 3 rings (SSSR count). The van der Waals surface area contributed by atoms with Gasteiger partial charge in [-0.1, -0.05) is 19.3 Å². The first-order valence-electron chi connectivity index (χ1n) is 9.88. The van der Waals surface area contributed by atoms with E-state index in [1.54, 1.807) is 7.05 Å². The molecule has 1 fully saturated rings. The van der Waals surface area contributed by atoms with Crippen LogP contribution >= 0.6 is 11.3 Å². The number of rotatable bonds is 7. The van der Waals surface area contributed by atoms with Crippen molar-refractivity contribution in [2.45, 2.75) is 45.1 Å². The number of aliphatic hydroxyl groups excluding tert-OH is 1. The Bertz CT molecular complexity index is 825. The van der Waals surface area contributed by atoms with Gasteiger partial charge in [0, 0.05) is 32.1 Å². The normalized spacial score (nSPS) is 15.0. The zero-order valence-electron chi connectivity index (χ0n) is 16.5. The van der Waals surface area contributed by atoms with Gasteiger partial charge in [-0.25, -0.2) is 4.79 Å². The molecule has 1 aliphatic carbocycles. The summed E-state index contributed by atoms with van der Waals surface area (Å²) in [6, 6.07) is 2.09. The number of aliphatic hydroxyl groups is 1. The van der Waals surface area contributed by atoms with E-state index in [0.29, 0.717) is 24.0 Å². The number of nitrogens with zero attached hydrogens (tertiary/aromatic N) is 3. The number of fused-ring (bicyclic) bond motifs is 1. The lowest BCUT2D eigenvalue weighted by molar-refractivity contribution is 0.0957. The van der Waals surface area contributed by atoms with E-state index in [9.17, 15) is 9.59 Å². The molecule has 8 nitrogen and oxygen atoms in total. The molecule has 0 aromatic carbocycles. The number of amides is 3. The van der Waals surface area contributed by atoms with Crippen LogP contribution in [0, 0.1) is 6.92 Å².